The van der Waals surface area contributed by atoms with Crippen LogP contribution in [0.15, 0.2) is 60.8 Å². The minimum absolute atomic E-state index is 0.111. The Morgan fingerprint density at radius 3 is 2.58 bits per heavy atom. The van der Waals surface area contributed by atoms with Gasteiger partial charge in [0, 0.05) is 18.0 Å². The molecular formula is C20H19NO5. The Kier molecular flexibility index (Phi) is 5.78. The van der Waals surface area contributed by atoms with Gasteiger partial charge in [-0.3, -0.25) is 0 Å². The second-order valence-corrected chi connectivity index (χ2v) is 5.75. The lowest BCUT2D eigenvalue weighted by atomic mass is 10.1. The van der Waals surface area contributed by atoms with E-state index in [1.807, 2.05) is 48.5 Å². The van der Waals surface area contributed by atoms with E-state index in [4.69, 9.17) is 19.7 Å². The molecule has 0 atom stereocenters. The van der Waals surface area contributed by atoms with E-state index in [1.165, 1.54) is 0 Å². The number of nitrogens with zero attached hydrogens (tertiary/aromatic N) is 1. The minimum atomic E-state index is -1.39. The topological polar surface area (TPSA) is 88.9 Å². The molecule has 6 heteroatoms. The van der Waals surface area contributed by atoms with E-state index in [0.717, 1.165) is 16.5 Å². The summed E-state index contributed by atoms with van der Waals surface area (Å²) in [6, 6.07) is 16.7. The standard InChI is InChI=1S/C20H19NO5/c22-19(23)7-4-10-25-20(24)18-12-14-8-9-17(11-15(14)13-21-18)26-16-5-2-1-3-6-16/h1-3,5-6,8-9,11-13,19,22-23H,4,7,10H2. The monoisotopic (exact) mass is 353 g/mol. The fourth-order valence-electron chi connectivity index (χ4n) is 2.42. The van der Waals surface area contributed by atoms with Gasteiger partial charge >= 0.3 is 5.97 Å². The highest BCUT2D eigenvalue weighted by atomic mass is 16.5. The number of carbonyl (C=O) groups excluding carboxylic acids is 1. The van der Waals surface area contributed by atoms with Crippen LogP contribution in [0, 0.1) is 0 Å². The average molecular weight is 353 g/mol. The summed E-state index contributed by atoms with van der Waals surface area (Å²) in [5.41, 5.74) is 0.207. The van der Waals surface area contributed by atoms with Gasteiger partial charge in [0.1, 0.15) is 17.2 Å². The van der Waals surface area contributed by atoms with Crippen LogP contribution in [0.2, 0.25) is 0 Å². The van der Waals surface area contributed by atoms with Gasteiger partial charge in [0.15, 0.2) is 6.29 Å². The van der Waals surface area contributed by atoms with Crippen LogP contribution in [0.3, 0.4) is 0 Å². The molecule has 3 aromatic rings. The number of ether oxygens (including phenoxy) is 2. The molecule has 6 nitrogen and oxygen atoms in total. The maximum atomic E-state index is 12.0. The maximum absolute atomic E-state index is 12.0. The average Bonchev–Trinajstić information content (AvgIpc) is 2.65. The van der Waals surface area contributed by atoms with Gasteiger partial charge in [-0.1, -0.05) is 24.3 Å². The van der Waals surface area contributed by atoms with Crippen LogP contribution in [-0.2, 0) is 4.74 Å². The summed E-state index contributed by atoms with van der Waals surface area (Å²) in [5, 5.41) is 19.2. The molecule has 0 aliphatic carbocycles. The zero-order chi connectivity index (χ0) is 18.4. The van der Waals surface area contributed by atoms with Gasteiger partial charge in [-0.2, -0.15) is 0 Å². The van der Waals surface area contributed by atoms with Crippen LogP contribution in [0.5, 0.6) is 11.5 Å². The van der Waals surface area contributed by atoms with E-state index in [2.05, 4.69) is 4.98 Å². The lowest BCUT2D eigenvalue weighted by molar-refractivity contribution is -0.0494. The zero-order valence-electron chi connectivity index (χ0n) is 14.0. The van der Waals surface area contributed by atoms with Crippen molar-refractivity contribution in [3.8, 4) is 11.5 Å². The Morgan fingerprint density at radius 2 is 1.81 bits per heavy atom. The first-order chi connectivity index (χ1) is 12.6. The maximum Gasteiger partial charge on any atom is 0.356 e. The SMILES string of the molecule is O=C(OCCCC(O)O)c1cc2ccc(Oc3ccccc3)cc2cn1. The smallest absolute Gasteiger partial charge is 0.356 e. The number of hydrogen-bond acceptors (Lipinski definition) is 6. The molecular weight excluding hydrogens is 334 g/mol. The van der Waals surface area contributed by atoms with Crippen molar-refractivity contribution in [1.82, 2.24) is 4.98 Å². The Balaban J connectivity index is 1.67. The first-order valence-corrected chi connectivity index (χ1v) is 8.28. The summed E-state index contributed by atoms with van der Waals surface area (Å²) in [5.74, 6) is 0.889. The molecule has 0 amide bonds. The summed E-state index contributed by atoms with van der Waals surface area (Å²) < 4.78 is 10.9. The Hall–Kier alpha value is -2.96. The van der Waals surface area contributed by atoms with Crippen molar-refractivity contribution >= 4 is 16.7 Å². The third kappa shape index (κ3) is 4.78. The van der Waals surface area contributed by atoms with E-state index in [9.17, 15) is 4.79 Å². The summed E-state index contributed by atoms with van der Waals surface area (Å²) in [4.78, 5) is 16.1. The van der Waals surface area contributed by atoms with Gasteiger partial charge in [0.25, 0.3) is 0 Å². The molecule has 2 aromatic carbocycles. The lowest BCUT2D eigenvalue weighted by Crippen LogP contribution is -2.11. The molecule has 0 unspecified atom stereocenters. The number of para-hydroxylation sites is 1. The van der Waals surface area contributed by atoms with Gasteiger partial charge in [0.05, 0.1) is 6.61 Å². The Morgan fingerprint density at radius 1 is 1.00 bits per heavy atom. The van der Waals surface area contributed by atoms with Crippen molar-refractivity contribution in [2.45, 2.75) is 19.1 Å². The number of rotatable bonds is 7. The summed E-state index contributed by atoms with van der Waals surface area (Å²) in [6.07, 6.45) is 0.737. The van der Waals surface area contributed by atoms with Crippen molar-refractivity contribution in [1.29, 1.82) is 0 Å². The molecule has 134 valence electrons. The third-order valence-corrected chi connectivity index (χ3v) is 3.72. The molecule has 0 radical (unpaired) electrons. The van der Waals surface area contributed by atoms with Crippen LogP contribution in [-0.4, -0.2) is 34.1 Å². The number of carbonyl (C=O) groups is 1. The van der Waals surface area contributed by atoms with Gasteiger partial charge in [0.2, 0.25) is 0 Å². The number of aliphatic hydroxyl groups excluding tert-OH is 1. The largest absolute Gasteiger partial charge is 0.461 e. The zero-order valence-corrected chi connectivity index (χ0v) is 14.0. The van der Waals surface area contributed by atoms with Gasteiger partial charge in [-0.05, 0) is 42.1 Å². The molecule has 0 spiro atoms. The minimum Gasteiger partial charge on any atom is -0.461 e. The van der Waals surface area contributed by atoms with Crippen molar-refractivity contribution in [2.24, 2.45) is 0 Å². The van der Waals surface area contributed by atoms with E-state index in [-0.39, 0.29) is 18.7 Å². The first-order valence-electron chi connectivity index (χ1n) is 8.28. The normalized spacial score (nSPS) is 10.9. The molecule has 2 N–H and O–H groups in total. The molecule has 1 aromatic heterocycles. The number of fused-ring (bicyclic) bond motifs is 1. The predicted octanol–water partition coefficient (Wildman–Crippen LogP) is 3.27. The van der Waals surface area contributed by atoms with Crippen molar-refractivity contribution in [3.05, 3.63) is 66.5 Å². The molecule has 3 rings (SSSR count). The second kappa shape index (κ2) is 8.42. The van der Waals surface area contributed by atoms with Crippen molar-refractivity contribution < 1.29 is 24.5 Å². The number of aliphatic hydroxyl groups is 2. The Bertz CT molecular complexity index is 880. The Labute approximate surface area is 150 Å². The number of aromatic nitrogens is 1. The van der Waals surface area contributed by atoms with E-state index in [1.54, 1.807) is 12.3 Å². The first kappa shape index (κ1) is 17.8. The molecule has 1 heterocycles. The molecule has 0 aliphatic heterocycles. The second-order valence-electron chi connectivity index (χ2n) is 5.75. The highest BCUT2D eigenvalue weighted by Gasteiger charge is 2.10. The summed E-state index contributed by atoms with van der Waals surface area (Å²) in [7, 11) is 0. The summed E-state index contributed by atoms with van der Waals surface area (Å²) in [6.45, 7) is 0.111. The van der Waals surface area contributed by atoms with Crippen molar-refractivity contribution in [2.75, 3.05) is 6.61 Å². The van der Waals surface area contributed by atoms with Crippen LogP contribution in [0.25, 0.3) is 10.8 Å². The van der Waals surface area contributed by atoms with E-state index in [0.29, 0.717) is 12.2 Å². The molecule has 0 saturated heterocycles. The van der Waals surface area contributed by atoms with Crippen molar-refractivity contribution in [3.63, 3.8) is 0 Å². The molecule has 0 fully saturated rings. The van der Waals surface area contributed by atoms with Crippen LogP contribution >= 0.6 is 0 Å². The highest BCUT2D eigenvalue weighted by molar-refractivity contribution is 5.93. The highest BCUT2D eigenvalue weighted by Crippen LogP contribution is 2.25. The predicted molar refractivity (Wildman–Crippen MR) is 96.0 cm³/mol. The molecule has 0 aliphatic rings. The van der Waals surface area contributed by atoms with Crippen LogP contribution < -0.4 is 4.74 Å². The van der Waals surface area contributed by atoms with E-state index >= 15 is 0 Å². The van der Waals surface area contributed by atoms with Gasteiger partial charge < -0.3 is 19.7 Å². The van der Waals surface area contributed by atoms with Crippen LogP contribution in [0.1, 0.15) is 23.3 Å². The van der Waals surface area contributed by atoms with Crippen LogP contribution in [0.4, 0.5) is 0 Å². The third-order valence-electron chi connectivity index (χ3n) is 3.72. The van der Waals surface area contributed by atoms with Gasteiger partial charge in [-0.15, -0.1) is 0 Å². The number of pyridine rings is 1. The summed E-state index contributed by atoms with van der Waals surface area (Å²) >= 11 is 0. The quantitative estimate of drug-likeness (QED) is 0.385. The number of esters is 1. The van der Waals surface area contributed by atoms with Gasteiger partial charge in [-0.25, -0.2) is 9.78 Å². The van der Waals surface area contributed by atoms with E-state index < -0.39 is 12.3 Å². The molecule has 26 heavy (non-hydrogen) atoms. The number of benzene rings is 2. The number of hydrogen-bond donors (Lipinski definition) is 2. The fourth-order valence-corrected chi connectivity index (χ4v) is 2.42. The lowest BCUT2D eigenvalue weighted by Gasteiger charge is -2.08. The molecule has 0 saturated carbocycles. The fraction of sp³-hybridized carbons (Fsp3) is 0.200. The molecule has 0 bridgehead atoms.